The van der Waals surface area contributed by atoms with Gasteiger partial charge in [0.05, 0.1) is 15.6 Å². The van der Waals surface area contributed by atoms with Crippen molar-refractivity contribution in [1.29, 1.82) is 0 Å². The Kier molecular flexibility index (Phi) is 5.84. The second-order valence-corrected chi connectivity index (χ2v) is 9.67. The van der Waals surface area contributed by atoms with Gasteiger partial charge in [0, 0.05) is 25.2 Å². The molecule has 1 saturated heterocycles. The zero-order chi connectivity index (χ0) is 19.1. The highest BCUT2D eigenvalue weighted by atomic mass is 35.5. The van der Waals surface area contributed by atoms with Crippen molar-refractivity contribution in [2.24, 2.45) is 0 Å². The summed E-state index contributed by atoms with van der Waals surface area (Å²) in [6, 6.07) is 2.87. The lowest BCUT2D eigenvalue weighted by molar-refractivity contribution is 0.0635. The second-order valence-electron chi connectivity index (χ2n) is 7.17. The largest absolute Gasteiger partial charge is 0.337 e. The number of benzene rings is 1. The number of hydrogen-bond acceptors (Lipinski definition) is 4. The molecule has 1 aromatic rings. The Hall–Kier alpha value is -0.860. The fourth-order valence-electron chi connectivity index (χ4n) is 3.11. The van der Waals surface area contributed by atoms with Gasteiger partial charge in [-0.2, -0.15) is 0 Å². The molecule has 144 valence electrons. The maximum absolute atomic E-state index is 13.0. The van der Waals surface area contributed by atoms with E-state index in [1.165, 1.54) is 12.1 Å². The van der Waals surface area contributed by atoms with E-state index in [-0.39, 0.29) is 38.5 Å². The summed E-state index contributed by atoms with van der Waals surface area (Å²) in [5, 5.41) is 0.182. The van der Waals surface area contributed by atoms with Crippen LogP contribution in [0, 0.1) is 0 Å². The van der Waals surface area contributed by atoms with Gasteiger partial charge in [0.1, 0.15) is 4.90 Å². The van der Waals surface area contributed by atoms with E-state index in [4.69, 9.17) is 23.2 Å². The molecule has 1 aliphatic carbocycles. The number of hydrogen-bond donors (Lipinski definition) is 1. The highest BCUT2D eigenvalue weighted by Crippen LogP contribution is 2.31. The Bertz CT molecular complexity index is 810. The van der Waals surface area contributed by atoms with Crippen LogP contribution in [-0.2, 0) is 10.0 Å². The monoisotopic (exact) mass is 419 g/mol. The van der Waals surface area contributed by atoms with Crippen LogP contribution >= 0.6 is 23.2 Å². The van der Waals surface area contributed by atoms with Crippen molar-refractivity contribution in [2.45, 2.75) is 42.7 Å². The number of carbonyl (C=O) groups excluding carboxylic acids is 1. The van der Waals surface area contributed by atoms with Crippen LogP contribution < -0.4 is 4.72 Å². The van der Waals surface area contributed by atoms with Gasteiger partial charge >= 0.3 is 0 Å². The molecule has 9 heteroatoms. The molecule has 1 amide bonds. The minimum absolute atomic E-state index is 0.0181. The minimum atomic E-state index is -3.77. The Morgan fingerprint density at radius 3 is 2.50 bits per heavy atom. The van der Waals surface area contributed by atoms with E-state index in [1.54, 1.807) is 4.90 Å². The van der Waals surface area contributed by atoms with Crippen LogP contribution in [-0.4, -0.2) is 63.4 Å². The molecular weight excluding hydrogens is 397 g/mol. The molecular formula is C17H23Cl2N3O3S. The van der Waals surface area contributed by atoms with E-state index >= 15 is 0 Å². The van der Waals surface area contributed by atoms with Gasteiger partial charge in [-0.1, -0.05) is 23.2 Å². The Labute approximate surface area is 164 Å². The van der Waals surface area contributed by atoms with Crippen LogP contribution in [0.3, 0.4) is 0 Å². The first-order valence-electron chi connectivity index (χ1n) is 8.66. The zero-order valence-electron chi connectivity index (χ0n) is 14.8. The smallest absolute Gasteiger partial charge is 0.255 e. The van der Waals surface area contributed by atoms with Gasteiger partial charge in [0.15, 0.2) is 0 Å². The number of halogens is 2. The molecule has 1 N–H and O–H groups in total. The van der Waals surface area contributed by atoms with Crippen LogP contribution in [0.25, 0.3) is 0 Å². The fraction of sp³-hybridized carbons (Fsp3) is 0.588. The molecule has 1 atom stereocenters. The molecule has 0 spiro atoms. The SMILES string of the molecule is CN(C)C1CCCN(C(=O)c2cc(S(=O)(=O)NC3CC3)c(Cl)cc2Cl)C1. The molecule has 1 heterocycles. The van der Waals surface area contributed by atoms with Gasteiger partial charge in [0.2, 0.25) is 10.0 Å². The van der Waals surface area contributed by atoms with Crippen molar-refractivity contribution in [3.8, 4) is 0 Å². The lowest BCUT2D eigenvalue weighted by Gasteiger charge is -2.36. The van der Waals surface area contributed by atoms with Crippen molar-refractivity contribution in [2.75, 3.05) is 27.2 Å². The zero-order valence-corrected chi connectivity index (χ0v) is 17.2. The van der Waals surface area contributed by atoms with E-state index in [1.807, 2.05) is 14.1 Å². The number of likely N-dealkylation sites (tertiary alicyclic amines) is 1. The number of sulfonamides is 1. The Morgan fingerprint density at radius 2 is 1.88 bits per heavy atom. The summed E-state index contributed by atoms with van der Waals surface area (Å²) in [4.78, 5) is 16.7. The summed E-state index contributed by atoms with van der Waals surface area (Å²) in [5.41, 5.74) is 0.173. The quantitative estimate of drug-likeness (QED) is 0.795. The van der Waals surface area contributed by atoms with Crippen LogP contribution in [0.15, 0.2) is 17.0 Å². The number of carbonyl (C=O) groups is 1. The number of nitrogens with one attached hydrogen (secondary N) is 1. The predicted molar refractivity (Wildman–Crippen MR) is 102 cm³/mol. The second kappa shape index (κ2) is 7.64. The fourth-order valence-corrected chi connectivity index (χ4v) is 5.27. The number of rotatable bonds is 5. The summed E-state index contributed by atoms with van der Waals surface area (Å²) in [6.07, 6.45) is 3.55. The third kappa shape index (κ3) is 4.34. The summed E-state index contributed by atoms with van der Waals surface area (Å²) in [7, 11) is 0.201. The molecule has 2 aliphatic rings. The van der Waals surface area contributed by atoms with Gasteiger partial charge in [-0.3, -0.25) is 4.79 Å². The van der Waals surface area contributed by atoms with Crippen molar-refractivity contribution in [3.63, 3.8) is 0 Å². The van der Waals surface area contributed by atoms with Crippen LogP contribution in [0.4, 0.5) is 0 Å². The standard InChI is InChI=1S/C17H23Cl2N3O3S/c1-21(2)12-4-3-7-22(10-12)17(23)13-8-16(15(19)9-14(13)18)26(24,25)20-11-5-6-11/h8-9,11-12,20H,3-7,10H2,1-2H3. The van der Waals surface area contributed by atoms with Crippen LogP contribution in [0.5, 0.6) is 0 Å². The molecule has 3 rings (SSSR count). The summed E-state index contributed by atoms with van der Waals surface area (Å²) in [6.45, 7) is 1.22. The first kappa shape index (κ1) is 19.9. The first-order valence-corrected chi connectivity index (χ1v) is 10.9. The van der Waals surface area contributed by atoms with Crippen LogP contribution in [0.2, 0.25) is 10.0 Å². The van der Waals surface area contributed by atoms with E-state index in [0.29, 0.717) is 13.1 Å². The van der Waals surface area contributed by atoms with E-state index < -0.39 is 10.0 Å². The van der Waals surface area contributed by atoms with E-state index in [2.05, 4.69) is 9.62 Å². The number of piperidine rings is 1. The first-order chi connectivity index (χ1) is 12.2. The molecule has 1 saturated carbocycles. The average molecular weight is 420 g/mol. The van der Waals surface area contributed by atoms with Crippen molar-refractivity contribution >= 4 is 39.1 Å². The van der Waals surface area contributed by atoms with Gasteiger partial charge in [-0.25, -0.2) is 13.1 Å². The highest BCUT2D eigenvalue weighted by Gasteiger charge is 2.32. The maximum atomic E-state index is 13.0. The molecule has 0 radical (unpaired) electrons. The normalized spacial score (nSPS) is 21.3. The van der Waals surface area contributed by atoms with Crippen molar-refractivity contribution in [1.82, 2.24) is 14.5 Å². The van der Waals surface area contributed by atoms with Crippen LogP contribution in [0.1, 0.15) is 36.0 Å². The summed E-state index contributed by atoms with van der Waals surface area (Å²) >= 11 is 12.3. The van der Waals surface area contributed by atoms with Gasteiger partial charge < -0.3 is 9.80 Å². The summed E-state index contributed by atoms with van der Waals surface area (Å²) in [5.74, 6) is -0.263. The number of likely N-dealkylation sites (N-methyl/N-ethyl adjacent to an activating group) is 1. The molecule has 0 aromatic heterocycles. The number of nitrogens with zero attached hydrogens (tertiary/aromatic N) is 2. The average Bonchev–Trinajstić information content (AvgIpc) is 3.37. The molecule has 6 nitrogen and oxygen atoms in total. The predicted octanol–water partition coefficient (Wildman–Crippen LogP) is 2.60. The van der Waals surface area contributed by atoms with Gasteiger partial charge in [-0.05, 0) is 51.9 Å². The lowest BCUT2D eigenvalue weighted by Crippen LogP contribution is -2.47. The highest BCUT2D eigenvalue weighted by molar-refractivity contribution is 7.89. The molecule has 0 bridgehead atoms. The van der Waals surface area contributed by atoms with Crippen molar-refractivity contribution in [3.05, 3.63) is 27.7 Å². The molecule has 1 unspecified atom stereocenters. The van der Waals surface area contributed by atoms with Gasteiger partial charge in [-0.15, -0.1) is 0 Å². The third-order valence-electron chi connectivity index (χ3n) is 4.85. The minimum Gasteiger partial charge on any atom is -0.337 e. The topological polar surface area (TPSA) is 69.7 Å². The Balaban J connectivity index is 1.89. The third-order valence-corrected chi connectivity index (χ3v) is 7.15. The lowest BCUT2D eigenvalue weighted by atomic mass is 10.0. The number of amides is 1. The molecule has 1 aromatic carbocycles. The molecule has 2 fully saturated rings. The van der Waals surface area contributed by atoms with Gasteiger partial charge in [0.25, 0.3) is 5.91 Å². The Morgan fingerprint density at radius 1 is 1.19 bits per heavy atom. The maximum Gasteiger partial charge on any atom is 0.255 e. The van der Waals surface area contributed by atoms with E-state index in [0.717, 1.165) is 25.7 Å². The molecule has 1 aliphatic heterocycles. The van der Waals surface area contributed by atoms with E-state index in [9.17, 15) is 13.2 Å². The molecule has 26 heavy (non-hydrogen) atoms. The van der Waals surface area contributed by atoms with Crippen molar-refractivity contribution < 1.29 is 13.2 Å². The summed E-state index contributed by atoms with van der Waals surface area (Å²) < 4.78 is 27.7.